The first-order valence-corrected chi connectivity index (χ1v) is 10.2. The van der Waals surface area contributed by atoms with Crippen molar-refractivity contribution in [1.29, 1.82) is 0 Å². The summed E-state index contributed by atoms with van der Waals surface area (Å²) in [4.78, 5) is 22.7. The van der Waals surface area contributed by atoms with Crippen LogP contribution in [0.4, 0.5) is 5.82 Å². The summed E-state index contributed by atoms with van der Waals surface area (Å²) in [6, 6.07) is 1.43. The summed E-state index contributed by atoms with van der Waals surface area (Å²) in [6.07, 6.45) is 0.507. The van der Waals surface area contributed by atoms with Crippen LogP contribution in [0.1, 0.15) is 26.0 Å². The van der Waals surface area contributed by atoms with Gasteiger partial charge in [-0.1, -0.05) is 11.8 Å². The highest BCUT2D eigenvalue weighted by molar-refractivity contribution is 8.00. The maximum Gasteiger partial charge on any atom is 0.236 e. The number of aryl methyl sites for hydroxylation is 1. The summed E-state index contributed by atoms with van der Waals surface area (Å²) in [5.74, 6) is 0.482. The third-order valence-corrected chi connectivity index (χ3v) is 6.46. The SMILES string of the molecule is CCN(C(=O)[C@@H](C)Sc1nc(C)cc(N)n1)[C@H]1CCS(=O)(=O)C1. The fourth-order valence-electron chi connectivity index (χ4n) is 2.67. The second-order valence-electron chi connectivity index (χ2n) is 5.66. The van der Waals surface area contributed by atoms with E-state index in [2.05, 4.69) is 9.97 Å². The first-order chi connectivity index (χ1) is 10.7. The maximum atomic E-state index is 12.7. The first kappa shape index (κ1) is 18.0. The van der Waals surface area contributed by atoms with Crippen LogP contribution in [0.25, 0.3) is 0 Å². The van der Waals surface area contributed by atoms with Crippen LogP contribution in [-0.2, 0) is 14.6 Å². The van der Waals surface area contributed by atoms with Crippen LogP contribution in [0.2, 0.25) is 0 Å². The zero-order valence-electron chi connectivity index (χ0n) is 13.5. The van der Waals surface area contributed by atoms with Crippen LogP contribution in [0.5, 0.6) is 0 Å². The molecule has 1 aliphatic rings. The summed E-state index contributed by atoms with van der Waals surface area (Å²) >= 11 is 1.24. The molecule has 0 aromatic carbocycles. The van der Waals surface area contributed by atoms with Gasteiger partial charge in [-0.25, -0.2) is 18.4 Å². The minimum Gasteiger partial charge on any atom is -0.384 e. The Hall–Kier alpha value is -1.35. The molecule has 1 aromatic rings. The van der Waals surface area contributed by atoms with E-state index in [9.17, 15) is 13.2 Å². The molecule has 1 amide bonds. The standard InChI is InChI=1S/C14H22N4O3S2/c1-4-18(11-5-6-23(20,21)8-11)13(19)10(3)22-14-16-9(2)7-12(15)17-14/h7,10-11H,4-6,8H2,1-3H3,(H2,15,16,17)/t10-,11+/m1/s1. The van der Waals surface area contributed by atoms with Gasteiger partial charge in [-0.3, -0.25) is 4.79 Å². The number of hydrogen-bond donors (Lipinski definition) is 1. The molecule has 23 heavy (non-hydrogen) atoms. The van der Waals surface area contributed by atoms with Gasteiger partial charge in [-0.2, -0.15) is 0 Å². The minimum absolute atomic E-state index is 0.0534. The molecular weight excluding hydrogens is 336 g/mol. The normalized spacial score (nSPS) is 21.1. The van der Waals surface area contributed by atoms with Gasteiger partial charge in [0.25, 0.3) is 0 Å². The van der Waals surface area contributed by atoms with Gasteiger partial charge >= 0.3 is 0 Å². The van der Waals surface area contributed by atoms with Gasteiger partial charge in [-0.15, -0.1) is 0 Å². The number of nitrogen functional groups attached to an aromatic ring is 1. The van der Waals surface area contributed by atoms with Gasteiger partial charge in [0.1, 0.15) is 5.82 Å². The van der Waals surface area contributed by atoms with Crippen LogP contribution in [0, 0.1) is 6.92 Å². The highest BCUT2D eigenvalue weighted by atomic mass is 32.2. The number of nitrogens with zero attached hydrogens (tertiary/aromatic N) is 3. The Morgan fingerprint density at radius 1 is 1.52 bits per heavy atom. The van der Waals surface area contributed by atoms with Crippen LogP contribution in [0.3, 0.4) is 0 Å². The first-order valence-electron chi connectivity index (χ1n) is 7.50. The van der Waals surface area contributed by atoms with E-state index in [1.165, 1.54) is 11.8 Å². The van der Waals surface area contributed by atoms with E-state index in [1.54, 1.807) is 17.9 Å². The molecule has 1 aromatic heterocycles. The van der Waals surface area contributed by atoms with Crippen LogP contribution in [-0.4, -0.2) is 58.5 Å². The van der Waals surface area contributed by atoms with Crippen LogP contribution < -0.4 is 5.73 Å². The van der Waals surface area contributed by atoms with Crippen LogP contribution >= 0.6 is 11.8 Å². The number of anilines is 1. The molecule has 1 aliphatic heterocycles. The van der Waals surface area contributed by atoms with E-state index in [0.717, 1.165) is 5.69 Å². The Morgan fingerprint density at radius 3 is 2.74 bits per heavy atom. The number of aromatic nitrogens is 2. The fraction of sp³-hybridized carbons (Fsp3) is 0.643. The number of sulfone groups is 1. The average molecular weight is 358 g/mol. The van der Waals surface area contributed by atoms with Crippen molar-refractivity contribution in [2.24, 2.45) is 0 Å². The number of carbonyl (C=O) groups is 1. The van der Waals surface area contributed by atoms with Crippen molar-refractivity contribution in [2.45, 2.75) is 43.6 Å². The Morgan fingerprint density at radius 2 is 2.22 bits per heavy atom. The third-order valence-electron chi connectivity index (χ3n) is 3.76. The van der Waals surface area contributed by atoms with Crippen molar-refractivity contribution >= 4 is 33.3 Å². The number of thioether (sulfide) groups is 1. The lowest BCUT2D eigenvalue weighted by Crippen LogP contribution is -2.44. The van der Waals surface area contributed by atoms with E-state index >= 15 is 0 Å². The van der Waals surface area contributed by atoms with Gasteiger partial charge in [0.15, 0.2) is 15.0 Å². The zero-order valence-corrected chi connectivity index (χ0v) is 15.2. The molecule has 0 aliphatic carbocycles. The molecule has 1 saturated heterocycles. The smallest absolute Gasteiger partial charge is 0.236 e. The Balaban J connectivity index is 2.08. The number of hydrogen-bond acceptors (Lipinski definition) is 7. The van der Waals surface area contributed by atoms with E-state index in [-0.39, 0.29) is 23.5 Å². The zero-order chi connectivity index (χ0) is 17.2. The molecule has 7 nitrogen and oxygen atoms in total. The van der Waals surface area contributed by atoms with E-state index in [1.807, 2.05) is 13.8 Å². The largest absolute Gasteiger partial charge is 0.384 e. The second-order valence-corrected chi connectivity index (χ2v) is 9.19. The summed E-state index contributed by atoms with van der Waals surface area (Å²) in [5.41, 5.74) is 6.44. The van der Waals surface area contributed by atoms with Crippen molar-refractivity contribution < 1.29 is 13.2 Å². The molecule has 2 N–H and O–H groups in total. The fourth-order valence-corrected chi connectivity index (χ4v) is 5.31. The Bertz CT molecular complexity index is 673. The topological polar surface area (TPSA) is 106 Å². The second kappa shape index (κ2) is 7.04. The highest BCUT2D eigenvalue weighted by Crippen LogP contribution is 2.25. The molecule has 1 fully saturated rings. The summed E-state index contributed by atoms with van der Waals surface area (Å²) in [6.45, 7) is 5.94. The van der Waals surface area contributed by atoms with E-state index in [0.29, 0.717) is 23.9 Å². The van der Waals surface area contributed by atoms with Gasteiger partial charge < -0.3 is 10.6 Å². The molecule has 0 spiro atoms. The molecule has 0 bridgehead atoms. The van der Waals surface area contributed by atoms with E-state index in [4.69, 9.17) is 5.73 Å². The number of carbonyl (C=O) groups excluding carboxylic acids is 1. The Kier molecular flexibility index (Phi) is 5.51. The molecular formula is C14H22N4O3S2. The van der Waals surface area contributed by atoms with Crippen molar-refractivity contribution in [3.8, 4) is 0 Å². The molecule has 128 valence electrons. The van der Waals surface area contributed by atoms with Crippen molar-refractivity contribution in [3.63, 3.8) is 0 Å². The monoisotopic (exact) mass is 358 g/mol. The summed E-state index contributed by atoms with van der Waals surface area (Å²) < 4.78 is 23.3. The summed E-state index contributed by atoms with van der Waals surface area (Å²) in [5, 5.41) is 0.0536. The molecule has 2 atom stereocenters. The number of amides is 1. The number of nitrogens with two attached hydrogens (primary N) is 1. The quantitative estimate of drug-likeness (QED) is 0.615. The molecule has 0 unspecified atom stereocenters. The van der Waals surface area contributed by atoms with E-state index < -0.39 is 15.1 Å². The highest BCUT2D eigenvalue weighted by Gasteiger charge is 2.35. The molecule has 0 radical (unpaired) electrons. The van der Waals surface area contributed by atoms with Crippen LogP contribution in [0.15, 0.2) is 11.2 Å². The lowest BCUT2D eigenvalue weighted by atomic mass is 10.2. The average Bonchev–Trinajstić information content (AvgIpc) is 2.78. The summed E-state index contributed by atoms with van der Waals surface area (Å²) in [7, 11) is -3.02. The lowest BCUT2D eigenvalue weighted by molar-refractivity contribution is -0.131. The van der Waals surface area contributed by atoms with Gasteiger partial charge in [0.2, 0.25) is 5.91 Å². The van der Waals surface area contributed by atoms with Gasteiger partial charge in [0, 0.05) is 24.3 Å². The molecule has 9 heteroatoms. The van der Waals surface area contributed by atoms with Crippen molar-refractivity contribution in [1.82, 2.24) is 14.9 Å². The number of rotatable bonds is 5. The van der Waals surface area contributed by atoms with Crippen molar-refractivity contribution in [2.75, 3.05) is 23.8 Å². The predicted molar refractivity (Wildman–Crippen MR) is 90.9 cm³/mol. The predicted octanol–water partition coefficient (Wildman–Crippen LogP) is 0.883. The molecule has 0 saturated carbocycles. The third kappa shape index (κ3) is 4.57. The van der Waals surface area contributed by atoms with Crippen molar-refractivity contribution in [3.05, 3.63) is 11.8 Å². The maximum absolute atomic E-state index is 12.7. The lowest BCUT2D eigenvalue weighted by Gasteiger charge is -2.29. The van der Waals surface area contributed by atoms with Gasteiger partial charge in [0.05, 0.1) is 16.8 Å². The van der Waals surface area contributed by atoms with Gasteiger partial charge in [-0.05, 0) is 27.2 Å². The molecule has 2 heterocycles. The minimum atomic E-state index is -3.02. The molecule has 2 rings (SSSR count). The Labute approximate surface area is 141 Å².